The average molecular weight is 441 g/mol. The van der Waals surface area contributed by atoms with E-state index in [0.29, 0.717) is 25.5 Å². The van der Waals surface area contributed by atoms with E-state index in [2.05, 4.69) is 15.3 Å². The van der Waals surface area contributed by atoms with Gasteiger partial charge in [-0.15, -0.1) is 0 Å². The zero-order chi connectivity index (χ0) is 22.8. The fourth-order valence-corrected chi connectivity index (χ4v) is 3.98. The first kappa shape index (κ1) is 20.6. The normalized spacial score (nSPS) is 12.9. The van der Waals surface area contributed by atoms with E-state index in [1.165, 1.54) is 10.5 Å². The first-order chi connectivity index (χ1) is 16.1. The van der Waals surface area contributed by atoms with Crippen LogP contribution in [0.3, 0.4) is 0 Å². The lowest BCUT2D eigenvalue weighted by Crippen LogP contribution is -2.34. The van der Waals surface area contributed by atoms with Gasteiger partial charge in [0.05, 0.1) is 5.69 Å². The van der Waals surface area contributed by atoms with Crippen molar-refractivity contribution in [3.05, 3.63) is 72.3 Å². The lowest BCUT2D eigenvalue weighted by atomic mass is 9.99. The minimum atomic E-state index is -0.896. The molecule has 0 saturated carbocycles. The zero-order valence-electron chi connectivity index (χ0n) is 18.1. The Morgan fingerprint density at radius 2 is 2.09 bits per heavy atom. The zero-order valence-corrected chi connectivity index (χ0v) is 18.1. The van der Waals surface area contributed by atoms with Crippen molar-refractivity contribution in [2.45, 2.75) is 26.4 Å². The predicted octanol–water partition coefficient (Wildman–Crippen LogP) is 4.20. The molecule has 5 rings (SSSR count). The third-order valence-electron chi connectivity index (χ3n) is 5.70. The molecule has 9 nitrogen and oxygen atoms in total. The van der Waals surface area contributed by atoms with Gasteiger partial charge in [0.25, 0.3) is 0 Å². The van der Waals surface area contributed by atoms with Crippen LogP contribution in [0.25, 0.3) is 22.5 Å². The SMILES string of the molecule is CCn1cc(-c2ccnc(Nc3ccc4c(c3)CN(C(=O)O)CC4)n2)c(-c2cccnc2)n1. The summed E-state index contributed by atoms with van der Waals surface area (Å²) in [6.07, 6.45) is 7.04. The largest absolute Gasteiger partial charge is 0.465 e. The number of hydrogen-bond acceptors (Lipinski definition) is 6. The molecule has 0 bridgehead atoms. The van der Waals surface area contributed by atoms with Crippen LogP contribution < -0.4 is 5.32 Å². The van der Waals surface area contributed by atoms with Gasteiger partial charge >= 0.3 is 6.09 Å². The van der Waals surface area contributed by atoms with Gasteiger partial charge in [0.15, 0.2) is 0 Å². The standard InChI is InChI=1S/C24H23N7O2/c1-2-31-15-20(22(29-31)17-4-3-9-25-13-17)21-7-10-26-23(28-21)27-19-6-5-16-8-11-30(24(32)33)14-18(16)12-19/h3-7,9-10,12-13,15H,2,8,11,14H2,1H3,(H,32,33)(H,26,27,28). The lowest BCUT2D eigenvalue weighted by Gasteiger charge is -2.26. The second kappa shape index (κ2) is 8.70. The van der Waals surface area contributed by atoms with Crippen LogP contribution in [0.4, 0.5) is 16.4 Å². The van der Waals surface area contributed by atoms with E-state index >= 15 is 0 Å². The van der Waals surface area contributed by atoms with Gasteiger partial charge in [0, 0.05) is 61.2 Å². The molecule has 0 fully saturated rings. The third kappa shape index (κ3) is 4.25. The quantitative estimate of drug-likeness (QED) is 0.478. The molecule has 0 unspecified atom stereocenters. The summed E-state index contributed by atoms with van der Waals surface area (Å²) in [4.78, 5) is 26.1. The van der Waals surface area contributed by atoms with Crippen molar-refractivity contribution in [2.75, 3.05) is 11.9 Å². The summed E-state index contributed by atoms with van der Waals surface area (Å²) in [5.41, 5.74) is 6.37. The van der Waals surface area contributed by atoms with Gasteiger partial charge in [-0.05, 0) is 54.8 Å². The summed E-state index contributed by atoms with van der Waals surface area (Å²) in [6, 6.07) is 11.7. The summed E-state index contributed by atoms with van der Waals surface area (Å²) in [5, 5.41) is 17.3. The van der Waals surface area contributed by atoms with Gasteiger partial charge < -0.3 is 15.3 Å². The summed E-state index contributed by atoms with van der Waals surface area (Å²) < 4.78 is 1.88. The molecule has 1 amide bonds. The molecule has 0 atom stereocenters. The Kier molecular flexibility index (Phi) is 5.43. The molecule has 0 spiro atoms. The first-order valence-electron chi connectivity index (χ1n) is 10.8. The highest BCUT2D eigenvalue weighted by Crippen LogP contribution is 2.30. The molecule has 0 saturated heterocycles. The monoisotopic (exact) mass is 441 g/mol. The molecular weight excluding hydrogens is 418 g/mol. The number of anilines is 2. The molecule has 0 aliphatic carbocycles. The maximum Gasteiger partial charge on any atom is 0.407 e. The second-order valence-electron chi connectivity index (χ2n) is 7.82. The fourth-order valence-electron chi connectivity index (χ4n) is 3.98. The Morgan fingerprint density at radius 3 is 2.88 bits per heavy atom. The van der Waals surface area contributed by atoms with E-state index in [1.807, 2.05) is 54.2 Å². The van der Waals surface area contributed by atoms with E-state index in [-0.39, 0.29) is 0 Å². The van der Waals surface area contributed by atoms with Crippen LogP contribution in [0.2, 0.25) is 0 Å². The number of rotatable bonds is 5. The Labute approximate surface area is 190 Å². The number of carboxylic acid groups (broad SMARTS) is 1. The van der Waals surface area contributed by atoms with Crippen molar-refractivity contribution >= 4 is 17.7 Å². The molecule has 4 heterocycles. The molecular formula is C24H23N7O2. The van der Waals surface area contributed by atoms with Crippen LogP contribution in [0, 0.1) is 0 Å². The minimum absolute atomic E-state index is 0.381. The number of fused-ring (bicyclic) bond motifs is 1. The Bertz CT molecular complexity index is 1300. The van der Waals surface area contributed by atoms with Gasteiger partial charge in [0.1, 0.15) is 5.69 Å². The van der Waals surface area contributed by atoms with Crippen LogP contribution >= 0.6 is 0 Å². The summed E-state index contributed by atoms with van der Waals surface area (Å²) in [7, 11) is 0. The molecule has 1 aromatic carbocycles. The molecule has 1 aliphatic heterocycles. The highest BCUT2D eigenvalue weighted by Gasteiger charge is 2.20. The number of pyridine rings is 1. The van der Waals surface area contributed by atoms with Gasteiger partial charge in [0.2, 0.25) is 5.95 Å². The van der Waals surface area contributed by atoms with E-state index in [1.54, 1.807) is 18.6 Å². The van der Waals surface area contributed by atoms with Crippen LogP contribution in [0.5, 0.6) is 0 Å². The van der Waals surface area contributed by atoms with Crippen LogP contribution in [0.1, 0.15) is 18.1 Å². The van der Waals surface area contributed by atoms with E-state index in [9.17, 15) is 9.90 Å². The summed E-state index contributed by atoms with van der Waals surface area (Å²) in [6.45, 7) is 3.68. The Balaban J connectivity index is 1.44. The number of nitrogens with zero attached hydrogens (tertiary/aromatic N) is 6. The smallest absolute Gasteiger partial charge is 0.407 e. The van der Waals surface area contributed by atoms with Crippen LogP contribution in [0.15, 0.2) is 61.2 Å². The molecule has 1 aliphatic rings. The fraction of sp³-hybridized carbons (Fsp3) is 0.208. The highest BCUT2D eigenvalue weighted by atomic mass is 16.4. The van der Waals surface area contributed by atoms with Gasteiger partial charge in [-0.25, -0.2) is 14.8 Å². The molecule has 166 valence electrons. The number of benzene rings is 1. The summed E-state index contributed by atoms with van der Waals surface area (Å²) in [5.74, 6) is 0.458. The number of hydrogen-bond donors (Lipinski definition) is 2. The van der Waals surface area contributed by atoms with Crippen molar-refractivity contribution in [3.63, 3.8) is 0 Å². The van der Waals surface area contributed by atoms with Crippen molar-refractivity contribution in [2.24, 2.45) is 0 Å². The molecule has 9 heteroatoms. The molecule has 0 radical (unpaired) electrons. The first-order valence-corrected chi connectivity index (χ1v) is 10.8. The number of nitrogens with one attached hydrogen (secondary N) is 1. The Morgan fingerprint density at radius 1 is 1.18 bits per heavy atom. The molecule has 4 aromatic rings. The maximum absolute atomic E-state index is 11.3. The van der Waals surface area contributed by atoms with Crippen molar-refractivity contribution in [1.82, 2.24) is 29.6 Å². The topological polar surface area (TPSA) is 109 Å². The Hall–Kier alpha value is -4.27. The predicted molar refractivity (Wildman–Crippen MR) is 124 cm³/mol. The number of carbonyl (C=O) groups is 1. The lowest BCUT2D eigenvalue weighted by molar-refractivity contribution is 0.140. The van der Waals surface area contributed by atoms with Crippen LogP contribution in [-0.4, -0.2) is 47.4 Å². The van der Waals surface area contributed by atoms with Gasteiger partial charge in [-0.2, -0.15) is 5.10 Å². The van der Waals surface area contributed by atoms with Crippen molar-refractivity contribution < 1.29 is 9.90 Å². The summed E-state index contributed by atoms with van der Waals surface area (Å²) >= 11 is 0. The van der Waals surface area contributed by atoms with E-state index in [0.717, 1.165) is 40.3 Å². The number of amides is 1. The maximum atomic E-state index is 11.3. The van der Waals surface area contributed by atoms with Gasteiger partial charge in [-0.3, -0.25) is 9.67 Å². The number of aryl methyl sites for hydroxylation is 1. The molecule has 33 heavy (non-hydrogen) atoms. The van der Waals surface area contributed by atoms with Crippen molar-refractivity contribution in [1.29, 1.82) is 0 Å². The minimum Gasteiger partial charge on any atom is -0.465 e. The highest BCUT2D eigenvalue weighted by molar-refractivity contribution is 5.78. The van der Waals surface area contributed by atoms with Gasteiger partial charge in [-0.1, -0.05) is 6.07 Å². The second-order valence-corrected chi connectivity index (χ2v) is 7.82. The van der Waals surface area contributed by atoms with Crippen molar-refractivity contribution in [3.8, 4) is 22.5 Å². The van der Waals surface area contributed by atoms with E-state index in [4.69, 9.17) is 10.1 Å². The molecule has 2 N–H and O–H groups in total. The number of aromatic nitrogens is 5. The average Bonchev–Trinajstić information content (AvgIpc) is 3.29. The van der Waals surface area contributed by atoms with E-state index < -0.39 is 6.09 Å². The third-order valence-corrected chi connectivity index (χ3v) is 5.70. The van der Waals surface area contributed by atoms with Crippen LogP contribution in [-0.2, 0) is 19.5 Å². The molecule has 3 aromatic heterocycles.